The van der Waals surface area contributed by atoms with Gasteiger partial charge in [-0.3, -0.25) is 4.99 Å². The normalized spacial score (nSPS) is 19.0. The SMILES string of the molecule is CN(C)CC(C)(C)CN=C(N)NC1CCCC1. The topological polar surface area (TPSA) is 53.6 Å². The average Bonchev–Trinajstić information content (AvgIpc) is 2.65. The molecular formula is C13H28N4. The number of hydrogen-bond acceptors (Lipinski definition) is 2. The molecule has 1 rings (SSSR count). The van der Waals surface area contributed by atoms with Gasteiger partial charge >= 0.3 is 0 Å². The van der Waals surface area contributed by atoms with Crippen LogP contribution < -0.4 is 11.1 Å². The van der Waals surface area contributed by atoms with Gasteiger partial charge in [-0.1, -0.05) is 26.7 Å². The van der Waals surface area contributed by atoms with Crippen molar-refractivity contribution < 1.29 is 0 Å². The first kappa shape index (κ1) is 14.3. The van der Waals surface area contributed by atoms with Crippen molar-refractivity contribution in [2.24, 2.45) is 16.1 Å². The maximum Gasteiger partial charge on any atom is 0.188 e. The van der Waals surface area contributed by atoms with E-state index in [1.54, 1.807) is 0 Å². The lowest BCUT2D eigenvalue weighted by Crippen LogP contribution is -2.40. The molecule has 0 spiro atoms. The summed E-state index contributed by atoms with van der Waals surface area (Å²) in [5.74, 6) is 0.615. The van der Waals surface area contributed by atoms with E-state index in [2.05, 4.69) is 43.2 Å². The van der Waals surface area contributed by atoms with Gasteiger partial charge in [-0.2, -0.15) is 0 Å². The highest BCUT2D eigenvalue weighted by Crippen LogP contribution is 2.18. The molecular weight excluding hydrogens is 212 g/mol. The van der Waals surface area contributed by atoms with Crippen molar-refractivity contribution in [2.75, 3.05) is 27.2 Å². The van der Waals surface area contributed by atoms with Crippen molar-refractivity contribution in [3.8, 4) is 0 Å². The Balaban J connectivity index is 2.35. The molecule has 0 saturated heterocycles. The Hall–Kier alpha value is -0.770. The minimum atomic E-state index is 0.172. The molecule has 4 nitrogen and oxygen atoms in total. The molecule has 1 aliphatic rings. The molecule has 1 fully saturated rings. The van der Waals surface area contributed by atoms with Gasteiger partial charge in [0.05, 0.1) is 0 Å². The average molecular weight is 240 g/mol. The zero-order valence-electron chi connectivity index (χ0n) is 11.8. The summed E-state index contributed by atoms with van der Waals surface area (Å²) in [4.78, 5) is 6.66. The number of nitrogens with zero attached hydrogens (tertiary/aromatic N) is 2. The van der Waals surface area contributed by atoms with Gasteiger partial charge in [0.25, 0.3) is 0 Å². The molecule has 0 heterocycles. The molecule has 1 saturated carbocycles. The van der Waals surface area contributed by atoms with Gasteiger partial charge in [-0.15, -0.1) is 0 Å². The van der Waals surface area contributed by atoms with E-state index in [0.29, 0.717) is 12.0 Å². The lowest BCUT2D eigenvalue weighted by molar-refractivity contribution is 0.249. The Morgan fingerprint density at radius 2 is 1.94 bits per heavy atom. The van der Waals surface area contributed by atoms with E-state index in [1.165, 1.54) is 25.7 Å². The van der Waals surface area contributed by atoms with Crippen LogP contribution in [0.15, 0.2) is 4.99 Å². The van der Waals surface area contributed by atoms with Crippen molar-refractivity contribution in [1.82, 2.24) is 10.2 Å². The molecule has 0 aromatic heterocycles. The van der Waals surface area contributed by atoms with Gasteiger partial charge in [0.1, 0.15) is 0 Å². The van der Waals surface area contributed by atoms with Gasteiger partial charge in [0.2, 0.25) is 0 Å². The zero-order valence-corrected chi connectivity index (χ0v) is 11.8. The number of rotatable bonds is 5. The minimum Gasteiger partial charge on any atom is -0.370 e. The molecule has 1 aliphatic carbocycles. The maximum absolute atomic E-state index is 5.92. The van der Waals surface area contributed by atoms with Gasteiger partial charge in [-0.05, 0) is 32.4 Å². The summed E-state index contributed by atoms with van der Waals surface area (Å²) in [7, 11) is 4.18. The van der Waals surface area contributed by atoms with Gasteiger partial charge in [-0.25, -0.2) is 0 Å². The summed E-state index contributed by atoms with van der Waals surface area (Å²) in [6, 6.07) is 0.552. The molecule has 0 unspecified atom stereocenters. The van der Waals surface area contributed by atoms with E-state index in [4.69, 9.17) is 5.73 Å². The van der Waals surface area contributed by atoms with Crippen molar-refractivity contribution >= 4 is 5.96 Å². The van der Waals surface area contributed by atoms with Crippen molar-refractivity contribution in [3.05, 3.63) is 0 Å². The number of nitrogens with one attached hydrogen (secondary N) is 1. The maximum atomic E-state index is 5.92. The molecule has 0 bridgehead atoms. The monoisotopic (exact) mass is 240 g/mol. The standard InChI is InChI=1S/C13H28N4/c1-13(2,10-17(3)4)9-15-12(14)16-11-7-5-6-8-11/h11H,5-10H2,1-4H3,(H3,14,15,16). The van der Waals surface area contributed by atoms with Crippen LogP contribution in [0.1, 0.15) is 39.5 Å². The third kappa shape index (κ3) is 5.91. The molecule has 0 aromatic rings. The molecule has 3 N–H and O–H groups in total. The molecule has 0 radical (unpaired) electrons. The van der Waals surface area contributed by atoms with Crippen LogP contribution in [0, 0.1) is 5.41 Å². The van der Waals surface area contributed by atoms with E-state index in [0.717, 1.165) is 13.1 Å². The number of nitrogens with two attached hydrogens (primary N) is 1. The number of hydrogen-bond donors (Lipinski definition) is 2. The molecule has 0 aromatic carbocycles. The van der Waals surface area contributed by atoms with Crippen LogP contribution in [-0.2, 0) is 0 Å². The fraction of sp³-hybridized carbons (Fsp3) is 0.923. The van der Waals surface area contributed by atoms with Crippen molar-refractivity contribution in [3.63, 3.8) is 0 Å². The van der Waals surface area contributed by atoms with Crippen molar-refractivity contribution in [1.29, 1.82) is 0 Å². The molecule has 17 heavy (non-hydrogen) atoms. The van der Waals surface area contributed by atoms with Gasteiger partial charge < -0.3 is 16.0 Å². The Morgan fingerprint density at radius 3 is 2.47 bits per heavy atom. The van der Waals surface area contributed by atoms with Gasteiger partial charge in [0.15, 0.2) is 5.96 Å². The van der Waals surface area contributed by atoms with E-state index in [-0.39, 0.29) is 5.41 Å². The summed E-state index contributed by atoms with van der Waals surface area (Å²) in [5, 5.41) is 3.32. The summed E-state index contributed by atoms with van der Waals surface area (Å²) >= 11 is 0. The highest BCUT2D eigenvalue weighted by molar-refractivity contribution is 5.78. The molecule has 100 valence electrons. The second-order valence-electron chi connectivity index (χ2n) is 6.23. The fourth-order valence-corrected chi connectivity index (χ4v) is 2.53. The second-order valence-corrected chi connectivity index (χ2v) is 6.23. The third-order valence-corrected chi connectivity index (χ3v) is 3.13. The van der Waals surface area contributed by atoms with Crippen LogP contribution >= 0.6 is 0 Å². The third-order valence-electron chi connectivity index (χ3n) is 3.13. The Morgan fingerprint density at radius 1 is 1.35 bits per heavy atom. The molecule has 4 heteroatoms. The minimum absolute atomic E-state index is 0.172. The van der Waals surface area contributed by atoms with Crippen LogP contribution in [-0.4, -0.2) is 44.1 Å². The number of guanidine groups is 1. The lowest BCUT2D eigenvalue weighted by Gasteiger charge is -2.26. The quantitative estimate of drug-likeness (QED) is 0.564. The molecule has 0 aliphatic heterocycles. The smallest absolute Gasteiger partial charge is 0.188 e. The summed E-state index contributed by atoms with van der Waals surface area (Å²) in [6.45, 7) is 6.24. The van der Waals surface area contributed by atoms with E-state index < -0.39 is 0 Å². The van der Waals surface area contributed by atoms with Crippen LogP contribution in [0.4, 0.5) is 0 Å². The fourth-order valence-electron chi connectivity index (χ4n) is 2.53. The van der Waals surface area contributed by atoms with Crippen LogP contribution in [0.5, 0.6) is 0 Å². The highest BCUT2D eigenvalue weighted by atomic mass is 15.1. The van der Waals surface area contributed by atoms with Crippen LogP contribution in [0.3, 0.4) is 0 Å². The molecule has 0 atom stereocenters. The summed E-state index contributed by atoms with van der Waals surface area (Å²) in [6.07, 6.45) is 5.10. The van der Waals surface area contributed by atoms with E-state index in [9.17, 15) is 0 Å². The van der Waals surface area contributed by atoms with E-state index in [1.807, 2.05) is 0 Å². The number of aliphatic imine (C=N–C) groups is 1. The van der Waals surface area contributed by atoms with Crippen LogP contribution in [0.2, 0.25) is 0 Å². The lowest BCUT2D eigenvalue weighted by atomic mass is 9.93. The largest absolute Gasteiger partial charge is 0.370 e. The first-order valence-corrected chi connectivity index (χ1v) is 6.60. The second kappa shape index (κ2) is 6.24. The Kier molecular flexibility index (Phi) is 5.25. The van der Waals surface area contributed by atoms with Crippen molar-refractivity contribution in [2.45, 2.75) is 45.6 Å². The summed E-state index contributed by atoms with van der Waals surface area (Å²) in [5.41, 5.74) is 6.09. The Labute approximate surface area is 106 Å². The predicted molar refractivity (Wildman–Crippen MR) is 74.2 cm³/mol. The first-order valence-electron chi connectivity index (χ1n) is 6.60. The predicted octanol–water partition coefficient (Wildman–Crippen LogP) is 1.42. The zero-order chi connectivity index (χ0) is 12.9. The highest BCUT2D eigenvalue weighted by Gasteiger charge is 2.19. The molecule has 0 amide bonds. The first-order chi connectivity index (χ1) is 7.89. The summed E-state index contributed by atoms with van der Waals surface area (Å²) < 4.78 is 0. The Bertz CT molecular complexity index is 252. The van der Waals surface area contributed by atoms with Gasteiger partial charge in [0, 0.05) is 19.1 Å². The van der Waals surface area contributed by atoms with E-state index >= 15 is 0 Å². The van der Waals surface area contributed by atoms with Crippen LogP contribution in [0.25, 0.3) is 0 Å².